The molecule has 2 aromatic carbocycles. The molecule has 2 aliphatic heterocycles. The van der Waals surface area contributed by atoms with E-state index in [1.807, 2.05) is 51.1 Å². The summed E-state index contributed by atoms with van der Waals surface area (Å²) in [6.07, 6.45) is 0. The van der Waals surface area contributed by atoms with E-state index in [1.54, 1.807) is 4.90 Å². The quantitative estimate of drug-likeness (QED) is 0.847. The zero-order valence-corrected chi connectivity index (χ0v) is 15.4. The van der Waals surface area contributed by atoms with Crippen molar-refractivity contribution in [3.63, 3.8) is 0 Å². The smallest absolute Gasteiger partial charge is 0.292 e. The van der Waals surface area contributed by atoms with Gasteiger partial charge in [-0.15, -0.1) is 0 Å². The fraction of sp³-hybridized carbons (Fsp3) is 0.381. The molecule has 0 radical (unpaired) electrons. The molecular weight excluding hydrogens is 330 g/mol. The highest BCUT2D eigenvalue weighted by Gasteiger charge is 2.56. The molecule has 0 N–H and O–H groups in total. The molecule has 0 aliphatic carbocycles. The third-order valence-corrected chi connectivity index (χ3v) is 4.86. The van der Waals surface area contributed by atoms with Crippen LogP contribution in [-0.2, 0) is 20.1 Å². The van der Waals surface area contributed by atoms with Gasteiger partial charge in [-0.25, -0.2) is 0 Å². The molecule has 26 heavy (non-hydrogen) atoms. The molecular formula is C21H23NO4. The molecule has 4 rings (SSSR count). The zero-order valence-electron chi connectivity index (χ0n) is 15.4. The lowest BCUT2D eigenvalue weighted by molar-refractivity contribution is -0.180. The Labute approximate surface area is 153 Å². The van der Waals surface area contributed by atoms with Gasteiger partial charge in [0.2, 0.25) is 0 Å². The van der Waals surface area contributed by atoms with Crippen LogP contribution in [0, 0.1) is 20.8 Å². The highest BCUT2D eigenvalue weighted by molar-refractivity contribution is 6.07. The Morgan fingerprint density at radius 1 is 1.08 bits per heavy atom. The van der Waals surface area contributed by atoms with Crippen LogP contribution in [0.25, 0.3) is 0 Å². The standard InChI is InChI=1S/C21H23NO4/c1-14-5-4-6-17(12-14)24-8-7-22-19-16(3)11-15(2)13-18(19)21(20(22)23)25-9-10-26-21/h4-6,11-13H,7-10H2,1-3H3. The molecule has 5 heteroatoms. The summed E-state index contributed by atoms with van der Waals surface area (Å²) in [4.78, 5) is 14.9. The van der Waals surface area contributed by atoms with Gasteiger partial charge in [0.15, 0.2) is 0 Å². The van der Waals surface area contributed by atoms with Crippen LogP contribution >= 0.6 is 0 Å². The van der Waals surface area contributed by atoms with E-state index in [1.165, 1.54) is 0 Å². The van der Waals surface area contributed by atoms with Crippen LogP contribution in [0.2, 0.25) is 0 Å². The third-order valence-electron chi connectivity index (χ3n) is 4.86. The highest BCUT2D eigenvalue weighted by atomic mass is 16.7. The number of aryl methyl sites for hydroxylation is 3. The number of anilines is 1. The molecule has 5 nitrogen and oxygen atoms in total. The molecule has 0 unspecified atom stereocenters. The van der Waals surface area contributed by atoms with Gasteiger partial charge in [-0.2, -0.15) is 0 Å². The monoisotopic (exact) mass is 353 g/mol. The summed E-state index contributed by atoms with van der Waals surface area (Å²) in [7, 11) is 0. The van der Waals surface area contributed by atoms with Crippen molar-refractivity contribution >= 4 is 11.6 Å². The van der Waals surface area contributed by atoms with E-state index in [4.69, 9.17) is 14.2 Å². The topological polar surface area (TPSA) is 48.0 Å². The highest BCUT2D eigenvalue weighted by Crippen LogP contribution is 2.47. The molecule has 0 atom stereocenters. The minimum Gasteiger partial charge on any atom is -0.492 e. The van der Waals surface area contributed by atoms with E-state index in [9.17, 15) is 4.79 Å². The summed E-state index contributed by atoms with van der Waals surface area (Å²) < 4.78 is 17.5. The molecule has 1 fully saturated rings. The second-order valence-corrected chi connectivity index (χ2v) is 6.91. The molecule has 1 saturated heterocycles. The summed E-state index contributed by atoms with van der Waals surface area (Å²) >= 11 is 0. The first-order valence-electron chi connectivity index (χ1n) is 8.92. The Morgan fingerprint density at radius 2 is 1.85 bits per heavy atom. The van der Waals surface area contributed by atoms with Crippen LogP contribution in [0.4, 0.5) is 5.69 Å². The first kappa shape index (κ1) is 17.1. The number of fused-ring (bicyclic) bond motifs is 2. The van der Waals surface area contributed by atoms with Gasteiger partial charge in [0.25, 0.3) is 11.7 Å². The van der Waals surface area contributed by atoms with Crippen molar-refractivity contribution in [1.29, 1.82) is 0 Å². The van der Waals surface area contributed by atoms with Crippen molar-refractivity contribution in [2.45, 2.75) is 26.6 Å². The second kappa shape index (κ2) is 6.41. The number of ether oxygens (including phenoxy) is 3. The lowest BCUT2D eigenvalue weighted by Gasteiger charge is -2.22. The fourth-order valence-corrected chi connectivity index (χ4v) is 3.83. The normalized spacial score (nSPS) is 17.8. The average molecular weight is 353 g/mol. The Hall–Kier alpha value is -2.37. The van der Waals surface area contributed by atoms with Crippen LogP contribution in [0.5, 0.6) is 5.75 Å². The number of carbonyl (C=O) groups is 1. The van der Waals surface area contributed by atoms with Crippen LogP contribution in [0.3, 0.4) is 0 Å². The van der Waals surface area contributed by atoms with E-state index in [2.05, 4.69) is 6.07 Å². The molecule has 1 spiro atoms. The van der Waals surface area contributed by atoms with Gasteiger partial charge in [0, 0.05) is 5.56 Å². The minimum atomic E-state index is -1.28. The summed E-state index contributed by atoms with van der Waals surface area (Å²) in [6.45, 7) is 7.75. The summed E-state index contributed by atoms with van der Waals surface area (Å²) in [5.41, 5.74) is 4.97. The third kappa shape index (κ3) is 2.68. The predicted molar refractivity (Wildman–Crippen MR) is 98.5 cm³/mol. The molecule has 1 amide bonds. The van der Waals surface area contributed by atoms with E-state index >= 15 is 0 Å². The van der Waals surface area contributed by atoms with E-state index < -0.39 is 5.79 Å². The van der Waals surface area contributed by atoms with Gasteiger partial charge < -0.3 is 19.1 Å². The summed E-state index contributed by atoms with van der Waals surface area (Å²) in [5.74, 6) is -0.637. The van der Waals surface area contributed by atoms with Gasteiger partial charge in [-0.3, -0.25) is 4.79 Å². The van der Waals surface area contributed by atoms with Crippen LogP contribution in [-0.4, -0.2) is 32.3 Å². The summed E-state index contributed by atoms with van der Waals surface area (Å²) in [5, 5.41) is 0. The van der Waals surface area contributed by atoms with Crippen molar-refractivity contribution < 1.29 is 19.0 Å². The van der Waals surface area contributed by atoms with Crippen molar-refractivity contribution in [3.8, 4) is 5.75 Å². The van der Waals surface area contributed by atoms with Gasteiger partial charge in [0.05, 0.1) is 25.4 Å². The van der Waals surface area contributed by atoms with Gasteiger partial charge in [-0.1, -0.05) is 23.8 Å². The maximum Gasteiger partial charge on any atom is 0.292 e. The van der Waals surface area contributed by atoms with E-state index in [0.717, 1.165) is 33.7 Å². The summed E-state index contributed by atoms with van der Waals surface area (Å²) in [6, 6.07) is 12.0. The predicted octanol–water partition coefficient (Wildman–Crippen LogP) is 3.24. The second-order valence-electron chi connectivity index (χ2n) is 6.91. The Kier molecular flexibility index (Phi) is 4.21. The lowest BCUT2D eigenvalue weighted by Crippen LogP contribution is -2.42. The number of carbonyl (C=O) groups excluding carboxylic acids is 1. The van der Waals surface area contributed by atoms with Crippen molar-refractivity contribution in [2.24, 2.45) is 0 Å². The van der Waals surface area contributed by atoms with Gasteiger partial charge in [0.1, 0.15) is 12.4 Å². The molecule has 0 bridgehead atoms. The number of hydrogen-bond donors (Lipinski definition) is 0. The van der Waals surface area contributed by atoms with Gasteiger partial charge >= 0.3 is 0 Å². The number of hydrogen-bond acceptors (Lipinski definition) is 4. The molecule has 0 saturated carbocycles. The maximum absolute atomic E-state index is 13.2. The average Bonchev–Trinajstić information content (AvgIpc) is 3.16. The first-order valence-corrected chi connectivity index (χ1v) is 8.92. The maximum atomic E-state index is 13.2. The molecule has 2 aliphatic rings. The van der Waals surface area contributed by atoms with Gasteiger partial charge in [-0.05, 0) is 50.1 Å². The Balaban J connectivity index is 1.60. The first-order chi connectivity index (χ1) is 12.5. The van der Waals surface area contributed by atoms with Crippen molar-refractivity contribution in [3.05, 3.63) is 58.7 Å². The van der Waals surface area contributed by atoms with E-state index in [0.29, 0.717) is 26.4 Å². The van der Waals surface area contributed by atoms with Crippen LogP contribution in [0.1, 0.15) is 22.3 Å². The number of rotatable bonds is 4. The molecule has 0 aromatic heterocycles. The van der Waals surface area contributed by atoms with Crippen LogP contribution < -0.4 is 9.64 Å². The van der Waals surface area contributed by atoms with Crippen LogP contribution in [0.15, 0.2) is 36.4 Å². The fourth-order valence-electron chi connectivity index (χ4n) is 3.83. The Bertz CT molecular complexity index is 855. The van der Waals surface area contributed by atoms with Crippen molar-refractivity contribution in [1.82, 2.24) is 0 Å². The molecule has 2 aromatic rings. The van der Waals surface area contributed by atoms with E-state index in [-0.39, 0.29) is 5.91 Å². The molecule has 136 valence electrons. The SMILES string of the molecule is Cc1cccc(OCCN2C(=O)C3(OCCO3)c3cc(C)cc(C)c32)c1. The molecule has 2 heterocycles. The number of benzene rings is 2. The minimum absolute atomic E-state index is 0.161. The number of amides is 1. The zero-order chi connectivity index (χ0) is 18.3. The van der Waals surface area contributed by atoms with Crippen molar-refractivity contribution in [2.75, 3.05) is 31.3 Å². The Morgan fingerprint density at radius 3 is 2.58 bits per heavy atom. The lowest BCUT2D eigenvalue weighted by atomic mass is 10.0. The largest absolute Gasteiger partial charge is 0.492 e. The number of nitrogens with zero attached hydrogens (tertiary/aromatic N) is 1.